The first-order valence-electron chi connectivity index (χ1n) is 5.27. The maximum atomic E-state index is 5.64. The normalized spacial score (nSPS) is 10.1. The molecule has 4 heteroatoms. The van der Waals surface area contributed by atoms with Gasteiger partial charge in [0.1, 0.15) is 5.75 Å². The SMILES string of the molecule is Cc1ccc(OCCCCC(N)=S)c(Br)c1. The Bertz CT molecular complexity index is 368. The minimum atomic E-state index is 0.580. The van der Waals surface area contributed by atoms with E-state index in [2.05, 4.69) is 22.9 Å². The van der Waals surface area contributed by atoms with Crippen molar-refractivity contribution in [2.24, 2.45) is 5.73 Å². The van der Waals surface area contributed by atoms with Gasteiger partial charge in [-0.3, -0.25) is 0 Å². The second-order valence-electron chi connectivity index (χ2n) is 3.71. The molecule has 0 aliphatic rings. The summed E-state index contributed by atoms with van der Waals surface area (Å²) in [6.45, 7) is 2.75. The third-order valence-corrected chi connectivity index (χ3v) is 2.99. The Morgan fingerprint density at radius 3 is 2.81 bits per heavy atom. The van der Waals surface area contributed by atoms with E-state index in [1.54, 1.807) is 0 Å². The third kappa shape index (κ3) is 4.94. The van der Waals surface area contributed by atoms with Crippen molar-refractivity contribution in [1.82, 2.24) is 0 Å². The van der Waals surface area contributed by atoms with Crippen LogP contribution in [0.25, 0.3) is 0 Å². The number of hydrogen-bond donors (Lipinski definition) is 1. The Morgan fingerprint density at radius 1 is 1.44 bits per heavy atom. The van der Waals surface area contributed by atoms with Gasteiger partial charge in [-0.15, -0.1) is 0 Å². The summed E-state index contributed by atoms with van der Waals surface area (Å²) in [6, 6.07) is 6.06. The summed E-state index contributed by atoms with van der Waals surface area (Å²) in [6.07, 6.45) is 2.75. The summed E-state index contributed by atoms with van der Waals surface area (Å²) in [5.41, 5.74) is 6.63. The number of nitrogens with two attached hydrogens (primary N) is 1. The minimum absolute atomic E-state index is 0.580. The van der Waals surface area contributed by atoms with E-state index in [0.29, 0.717) is 11.6 Å². The fourth-order valence-electron chi connectivity index (χ4n) is 1.31. The quantitative estimate of drug-likeness (QED) is 0.644. The molecule has 1 rings (SSSR count). The standard InChI is InChI=1S/C12H16BrNOS/c1-9-5-6-11(10(13)8-9)15-7-3-2-4-12(14)16/h5-6,8H,2-4,7H2,1H3,(H2,14,16). The van der Waals surface area contributed by atoms with E-state index < -0.39 is 0 Å². The number of halogens is 1. The number of aryl methyl sites for hydroxylation is 1. The number of unbranched alkanes of at least 4 members (excludes halogenated alkanes) is 1. The molecule has 0 atom stereocenters. The molecule has 0 radical (unpaired) electrons. The lowest BCUT2D eigenvalue weighted by atomic mass is 10.2. The summed E-state index contributed by atoms with van der Waals surface area (Å²) in [7, 11) is 0. The molecule has 0 bridgehead atoms. The van der Waals surface area contributed by atoms with E-state index >= 15 is 0 Å². The predicted octanol–water partition coefficient (Wildman–Crippen LogP) is 3.59. The zero-order valence-corrected chi connectivity index (χ0v) is 11.7. The van der Waals surface area contributed by atoms with Crippen LogP contribution in [-0.2, 0) is 0 Å². The van der Waals surface area contributed by atoms with Crippen molar-refractivity contribution in [3.8, 4) is 5.75 Å². The van der Waals surface area contributed by atoms with Crippen molar-refractivity contribution in [1.29, 1.82) is 0 Å². The highest BCUT2D eigenvalue weighted by atomic mass is 79.9. The molecule has 0 fully saturated rings. The summed E-state index contributed by atoms with van der Waals surface area (Å²) in [4.78, 5) is 0.580. The van der Waals surface area contributed by atoms with Crippen molar-refractivity contribution < 1.29 is 4.74 Å². The second-order valence-corrected chi connectivity index (χ2v) is 5.08. The van der Waals surface area contributed by atoms with E-state index in [1.807, 2.05) is 18.2 Å². The van der Waals surface area contributed by atoms with Crippen LogP contribution in [0.2, 0.25) is 0 Å². The molecule has 0 aliphatic heterocycles. The number of hydrogen-bond acceptors (Lipinski definition) is 2. The molecule has 0 amide bonds. The van der Waals surface area contributed by atoms with Crippen molar-refractivity contribution in [3.63, 3.8) is 0 Å². The lowest BCUT2D eigenvalue weighted by Crippen LogP contribution is -2.08. The van der Waals surface area contributed by atoms with Crippen molar-refractivity contribution in [3.05, 3.63) is 28.2 Å². The monoisotopic (exact) mass is 301 g/mol. The second kappa shape index (κ2) is 6.86. The molecular formula is C12H16BrNOS. The fourth-order valence-corrected chi connectivity index (χ4v) is 2.06. The average Bonchev–Trinajstić information content (AvgIpc) is 2.20. The molecule has 0 aromatic heterocycles. The van der Waals surface area contributed by atoms with Gasteiger partial charge in [-0.1, -0.05) is 18.3 Å². The van der Waals surface area contributed by atoms with Gasteiger partial charge in [-0.05, 0) is 59.8 Å². The molecule has 0 saturated heterocycles. The number of thiocarbonyl (C=S) groups is 1. The summed E-state index contributed by atoms with van der Waals surface area (Å²) in [5.74, 6) is 0.890. The first kappa shape index (κ1) is 13.5. The molecule has 2 nitrogen and oxygen atoms in total. The fraction of sp³-hybridized carbons (Fsp3) is 0.417. The molecule has 16 heavy (non-hydrogen) atoms. The Balaban J connectivity index is 2.29. The molecule has 0 spiro atoms. The van der Waals surface area contributed by atoms with Crippen LogP contribution in [0.3, 0.4) is 0 Å². The van der Waals surface area contributed by atoms with Crippen molar-refractivity contribution in [2.75, 3.05) is 6.61 Å². The molecule has 88 valence electrons. The van der Waals surface area contributed by atoms with Gasteiger partial charge in [-0.2, -0.15) is 0 Å². The number of rotatable bonds is 6. The van der Waals surface area contributed by atoms with Gasteiger partial charge in [0.25, 0.3) is 0 Å². The van der Waals surface area contributed by atoms with Crippen LogP contribution in [0, 0.1) is 6.92 Å². The Hall–Kier alpha value is -0.610. The summed E-state index contributed by atoms with van der Waals surface area (Å²) < 4.78 is 6.64. The minimum Gasteiger partial charge on any atom is -0.492 e. The van der Waals surface area contributed by atoms with Crippen LogP contribution in [0.5, 0.6) is 5.75 Å². The molecule has 2 N–H and O–H groups in total. The molecule has 0 aliphatic carbocycles. The lowest BCUT2D eigenvalue weighted by molar-refractivity contribution is 0.306. The van der Waals surface area contributed by atoms with Crippen molar-refractivity contribution in [2.45, 2.75) is 26.2 Å². The van der Waals surface area contributed by atoms with Gasteiger partial charge in [0.15, 0.2) is 0 Å². The first-order chi connectivity index (χ1) is 7.59. The molecule has 1 aromatic carbocycles. The van der Waals surface area contributed by atoms with Gasteiger partial charge in [0.2, 0.25) is 0 Å². The maximum Gasteiger partial charge on any atom is 0.133 e. The van der Waals surface area contributed by atoms with E-state index in [1.165, 1.54) is 5.56 Å². The van der Waals surface area contributed by atoms with E-state index in [-0.39, 0.29) is 0 Å². The number of benzene rings is 1. The molecule has 0 unspecified atom stereocenters. The van der Waals surface area contributed by atoms with Crippen LogP contribution >= 0.6 is 28.1 Å². The first-order valence-corrected chi connectivity index (χ1v) is 6.47. The lowest BCUT2D eigenvalue weighted by Gasteiger charge is -2.08. The Labute approximate surface area is 110 Å². The van der Waals surface area contributed by atoms with Crippen LogP contribution in [-0.4, -0.2) is 11.6 Å². The molecule has 0 saturated carbocycles. The van der Waals surface area contributed by atoms with Crippen LogP contribution in [0.1, 0.15) is 24.8 Å². The maximum absolute atomic E-state index is 5.64. The zero-order valence-electron chi connectivity index (χ0n) is 9.33. The Morgan fingerprint density at radius 2 is 2.19 bits per heavy atom. The van der Waals surface area contributed by atoms with Crippen LogP contribution < -0.4 is 10.5 Å². The highest BCUT2D eigenvalue weighted by Crippen LogP contribution is 2.25. The third-order valence-electron chi connectivity index (χ3n) is 2.16. The van der Waals surface area contributed by atoms with E-state index in [9.17, 15) is 0 Å². The number of ether oxygens (including phenoxy) is 1. The van der Waals surface area contributed by atoms with Gasteiger partial charge in [0.05, 0.1) is 16.1 Å². The highest BCUT2D eigenvalue weighted by molar-refractivity contribution is 9.10. The van der Waals surface area contributed by atoms with Gasteiger partial charge in [0, 0.05) is 0 Å². The van der Waals surface area contributed by atoms with E-state index in [0.717, 1.165) is 29.5 Å². The van der Waals surface area contributed by atoms with Crippen LogP contribution in [0.4, 0.5) is 0 Å². The average molecular weight is 302 g/mol. The molecular weight excluding hydrogens is 286 g/mol. The summed E-state index contributed by atoms with van der Waals surface area (Å²) >= 11 is 8.28. The van der Waals surface area contributed by atoms with Gasteiger partial charge in [-0.25, -0.2) is 0 Å². The van der Waals surface area contributed by atoms with E-state index in [4.69, 9.17) is 22.7 Å². The van der Waals surface area contributed by atoms with Crippen molar-refractivity contribution >= 4 is 33.1 Å². The molecule has 1 aromatic rings. The predicted molar refractivity (Wildman–Crippen MR) is 75.0 cm³/mol. The van der Waals surface area contributed by atoms with Crippen LogP contribution in [0.15, 0.2) is 22.7 Å². The van der Waals surface area contributed by atoms with Gasteiger partial charge >= 0.3 is 0 Å². The Kier molecular flexibility index (Phi) is 5.77. The van der Waals surface area contributed by atoms with Gasteiger partial charge < -0.3 is 10.5 Å². The summed E-state index contributed by atoms with van der Waals surface area (Å²) in [5, 5.41) is 0. The smallest absolute Gasteiger partial charge is 0.133 e. The topological polar surface area (TPSA) is 35.2 Å². The largest absolute Gasteiger partial charge is 0.492 e. The zero-order chi connectivity index (χ0) is 12.0. The molecule has 0 heterocycles. The highest BCUT2D eigenvalue weighted by Gasteiger charge is 2.00.